The second-order valence-electron chi connectivity index (χ2n) is 6.26. The maximum Gasteiger partial charge on any atom is 0.433 e. The maximum atomic E-state index is 12.0. The van der Waals surface area contributed by atoms with E-state index in [1.165, 1.54) is 6.07 Å². The van der Waals surface area contributed by atoms with E-state index in [1.54, 1.807) is 0 Å². The molecule has 0 aliphatic carbocycles. The van der Waals surface area contributed by atoms with Crippen molar-refractivity contribution in [3.8, 4) is 11.5 Å². The summed E-state index contributed by atoms with van der Waals surface area (Å²) in [6, 6.07) is 15.7. The van der Waals surface area contributed by atoms with Gasteiger partial charge in [0, 0.05) is 12.1 Å². The molecular formula is C20H15N3O5. The lowest BCUT2D eigenvalue weighted by Gasteiger charge is -2.04. The summed E-state index contributed by atoms with van der Waals surface area (Å²) in [6.45, 7) is 2.24. The molecule has 0 saturated carbocycles. The Morgan fingerprint density at radius 3 is 2.61 bits per heavy atom. The van der Waals surface area contributed by atoms with E-state index in [0.29, 0.717) is 5.89 Å². The summed E-state index contributed by atoms with van der Waals surface area (Å²) in [7, 11) is 0. The van der Waals surface area contributed by atoms with E-state index >= 15 is 0 Å². The number of nitrogens with zero attached hydrogens (tertiary/aromatic N) is 2. The highest BCUT2D eigenvalue weighted by Crippen LogP contribution is 2.25. The van der Waals surface area contributed by atoms with Crippen LogP contribution in [0.3, 0.4) is 0 Å². The van der Waals surface area contributed by atoms with Gasteiger partial charge in [0.15, 0.2) is 11.3 Å². The summed E-state index contributed by atoms with van der Waals surface area (Å²) in [6.07, 6.45) is 0. The van der Waals surface area contributed by atoms with Crippen molar-refractivity contribution in [2.75, 3.05) is 0 Å². The summed E-state index contributed by atoms with van der Waals surface area (Å²) in [4.78, 5) is 26.4. The molecule has 0 atom stereocenters. The Morgan fingerprint density at radius 1 is 1.11 bits per heavy atom. The van der Waals surface area contributed by atoms with Crippen LogP contribution in [0, 0.1) is 17.0 Å². The van der Waals surface area contributed by atoms with Crippen LogP contribution in [0.25, 0.3) is 22.6 Å². The summed E-state index contributed by atoms with van der Waals surface area (Å²) >= 11 is 0. The van der Waals surface area contributed by atoms with Crippen LogP contribution < -0.4 is 5.32 Å². The number of carbonyl (C=O) groups is 1. The second kappa shape index (κ2) is 6.99. The Balaban J connectivity index is 1.43. The molecule has 0 unspecified atom stereocenters. The van der Waals surface area contributed by atoms with E-state index < -0.39 is 16.7 Å². The number of aryl methyl sites for hydroxylation is 1. The standard InChI is InChI=1S/C20H15N3O5/c1-12-2-7-15-17(10-12)28-20(22-15)14-5-3-13(4-6-14)11-21-19(24)16-8-9-18(27-16)23(25)26/h2-10H,11H2,1H3,(H,21,24). The van der Waals surface area contributed by atoms with Gasteiger partial charge in [0.1, 0.15) is 10.4 Å². The van der Waals surface area contributed by atoms with Gasteiger partial charge in [0.25, 0.3) is 5.91 Å². The zero-order valence-electron chi connectivity index (χ0n) is 14.8. The summed E-state index contributed by atoms with van der Waals surface area (Å²) in [5.41, 5.74) is 4.31. The monoisotopic (exact) mass is 377 g/mol. The third-order valence-corrected chi connectivity index (χ3v) is 4.19. The summed E-state index contributed by atoms with van der Waals surface area (Å²) in [5.74, 6) is -0.571. The predicted molar refractivity (Wildman–Crippen MR) is 101 cm³/mol. The van der Waals surface area contributed by atoms with Gasteiger partial charge in [0.05, 0.1) is 6.07 Å². The minimum Gasteiger partial charge on any atom is -0.436 e. The van der Waals surface area contributed by atoms with E-state index in [2.05, 4.69) is 10.3 Å². The number of benzene rings is 2. The Labute approximate surface area is 158 Å². The number of hydrogen-bond donors (Lipinski definition) is 1. The Morgan fingerprint density at radius 2 is 1.89 bits per heavy atom. The number of oxazole rings is 1. The van der Waals surface area contributed by atoms with Crippen LogP contribution in [-0.4, -0.2) is 15.8 Å². The first-order valence-corrected chi connectivity index (χ1v) is 8.48. The van der Waals surface area contributed by atoms with Gasteiger partial charge in [-0.25, -0.2) is 4.98 Å². The third kappa shape index (κ3) is 3.48. The molecule has 4 rings (SSSR count). The number of fused-ring (bicyclic) bond motifs is 1. The lowest BCUT2D eigenvalue weighted by atomic mass is 10.1. The smallest absolute Gasteiger partial charge is 0.433 e. The molecule has 8 nitrogen and oxygen atoms in total. The number of nitro groups is 1. The first kappa shape index (κ1) is 17.5. The molecule has 1 amide bonds. The van der Waals surface area contributed by atoms with Gasteiger partial charge in [0.2, 0.25) is 5.89 Å². The Bertz CT molecular complexity index is 1170. The van der Waals surface area contributed by atoms with Gasteiger partial charge in [-0.3, -0.25) is 14.9 Å². The number of carbonyl (C=O) groups excluding carboxylic acids is 1. The molecule has 2 aromatic carbocycles. The molecule has 2 heterocycles. The number of furan rings is 1. The summed E-state index contributed by atoms with van der Waals surface area (Å²) < 4.78 is 10.7. The van der Waals surface area contributed by atoms with Crippen molar-refractivity contribution >= 4 is 22.9 Å². The number of hydrogen-bond acceptors (Lipinski definition) is 6. The molecule has 2 aromatic heterocycles. The first-order chi connectivity index (χ1) is 13.5. The fraction of sp³-hybridized carbons (Fsp3) is 0.100. The van der Waals surface area contributed by atoms with Gasteiger partial charge in [-0.2, -0.15) is 0 Å². The van der Waals surface area contributed by atoms with Crippen LogP contribution in [0.1, 0.15) is 21.7 Å². The Hall–Kier alpha value is -3.94. The molecule has 0 aliphatic rings. The fourth-order valence-electron chi connectivity index (χ4n) is 2.74. The van der Waals surface area contributed by atoms with Crippen LogP contribution in [0.2, 0.25) is 0 Å². The number of nitrogens with one attached hydrogen (secondary N) is 1. The molecular weight excluding hydrogens is 362 g/mol. The van der Waals surface area contributed by atoms with E-state index in [1.807, 2.05) is 49.4 Å². The predicted octanol–water partition coefficient (Wildman–Crippen LogP) is 4.23. The van der Waals surface area contributed by atoms with Gasteiger partial charge in [-0.05, 0) is 48.4 Å². The van der Waals surface area contributed by atoms with Crippen LogP contribution in [-0.2, 0) is 6.54 Å². The second-order valence-corrected chi connectivity index (χ2v) is 6.26. The first-order valence-electron chi connectivity index (χ1n) is 8.48. The summed E-state index contributed by atoms with van der Waals surface area (Å²) in [5, 5.41) is 13.3. The SMILES string of the molecule is Cc1ccc2nc(-c3ccc(CNC(=O)c4ccc([N+](=O)[O-])o4)cc3)oc2c1. The number of amides is 1. The largest absolute Gasteiger partial charge is 0.436 e. The molecule has 0 saturated heterocycles. The zero-order valence-corrected chi connectivity index (χ0v) is 14.8. The molecule has 0 bridgehead atoms. The van der Waals surface area contributed by atoms with Crippen molar-refractivity contribution in [1.29, 1.82) is 0 Å². The lowest BCUT2D eigenvalue weighted by Crippen LogP contribution is -2.22. The number of rotatable bonds is 5. The van der Waals surface area contributed by atoms with Crippen molar-refractivity contribution < 1.29 is 18.6 Å². The molecule has 8 heteroatoms. The quantitative estimate of drug-likeness (QED) is 0.411. The van der Waals surface area contributed by atoms with Crippen LogP contribution >= 0.6 is 0 Å². The van der Waals surface area contributed by atoms with Crippen molar-refractivity contribution in [3.05, 3.63) is 81.6 Å². The van der Waals surface area contributed by atoms with E-state index in [-0.39, 0.29) is 12.3 Å². The third-order valence-electron chi connectivity index (χ3n) is 4.19. The van der Waals surface area contributed by atoms with E-state index in [0.717, 1.165) is 33.9 Å². The highest BCUT2D eigenvalue weighted by molar-refractivity contribution is 5.91. The molecule has 0 spiro atoms. The van der Waals surface area contributed by atoms with Crippen LogP contribution in [0.4, 0.5) is 5.88 Å². The van der Waals surface area contributed by atoms with Crippen molar-refractivity contribution in [2.24, 2.45) is 0 Å². The average molecular weight is 377 g/mol. The lowest BCUT2D eigenvalue weighted by molar-refractivity contribution is -0.402. The Kier molecular flexibility index (Phi) is 4.36. The van der Waals surface area contributed by atoms with Crippen LogP contribution in [0.5, 0.6) is 0 Å². The molecule has 1 N–H and O–H groups in total. The molecule has 4 aromatic rings. The highest BCUT2D eigenvalue weighted by Gasteiger charge is 2.17. The van der Waals surface area contributed by atoms with Gasteiger partial charge < -0.3 is 14.2 Å². The van der Waals surface area contributed by atoms with Crippen molar-refractivity contribution in [2.45, 2.75) is 13.5 Å². The van der Waals surface area contributed by atoms with E-state index in [4.69, 9.17) is 8.83 Å². The van der Waals surface area contributed by atoms with E-state index in [9.17, 15) is 14.9 Å². The topological polar surface area (TPSA) is 111 Å². The fourth-order valence-corrected chi connectivity index (χ4v) is 2.74. The minimum atomic E-state index is -0.692. The van der Waals surface area contributed by atoms with Crippen LogP contribution in [0.15, 0.2) is 63.4 Å². The highest BCUT2D eigenvalue weighted by atomic mass is 16.6. The van der Waals surface area contributed by atoms with Gasteiger partial charge in [-0.1, -0.05) is 18.2 Å². The van der Waals surface area contributed by atoms with Crippen molar-refractivity contribution in [1.82, 2.24) is 10.3 Å². The molecule has 0 fully saturated rings. The van der Waals surface area contributed by atoms with Gasteiger partial charge >= 0.3 is 5.88 Å². The number of aromatic nitrogens is 1. The minimum absolute atomic E-state index is 0.106. The molecule has 0 aliphatic heterocycles. The molecule has 140 valence electrons. The molecule has 28 heavy (non-hydrogen) atoms. The van der Waals surface area contributed by atoms with Crippen molar-refractivity contribution in [3.63, 3.8) is 0 Å². The average Bonchev–Trinajstić information content (AvgIpc) is 3.33. The molecule has 0 radical (unpaired) electrons. The van der Waals surface area contributed by atoms with Gasteiger partial charge in [-0.15, -0.1) is 0 Å². The maximum absolute atomic E-state index is 12.0. The normalized spacial score (nSPS) is 10.9. The zero-order chi connectivity index (χ0) is 19.7.